The van der Waals surface area contributed by atoms with Crippen molar-refractivity contribution in [3.05, 3.63) is 118 Å². The number of aliphatic hydroxyl groups is 1. The lowest BCUT2D eigenvalue weighted by atomic mass is 9.91. The summed E-state index contributed by atoms with van der Waals surface area (Å²) >= 11 is 6.20. The molecule has 34 heavy (non-hydrogen) atoms. The number of halogens is 2. The van der Waals surface area contributed by atoms with Crippen molar-refractivity contribution in [3.63, 3.8) is 0 Å². The fourth-order valence-electron chi connectivity index (χ4n) is 4.46. The van der Waals surface area contributed by atoms with E-state index in [-0.39, 0.29) is 16.9 Å². The van der Waals surface area contributed by atoms with E-state index in [9.17, 15) is 19.1 Å². The number of amides is 1. The molecule has 4 aromatic rings. The van der Waals surface area contributed by atoms with E-state index >= 15 is 0 Å². The minimum Gasteiger partial charge on any atom is -0.507 e. The molecule has 6 heteroatoms. The first kappa shape index (κ1) is 21.9. The van der Waals surface area contributed by atoms with Gasteiger partial charge in [-0.3, -0.25) is 14.5 Å². The second-order valence-electron chi connectivity index (χ2n) is 8.18. The predicted octanol–water partition coefficient (Wildman–Crippen LogP) is 6.57. The summed E-state index contributed by atoms with van der Waals surface area (Å²) in [5.74, 6) is -2.39. The van der Waals surface area contributed by atoms with Crippen molar-refractivity contribution >= 4 is 45.5 Å². The number of ketones is 1. The van der Waals surface area contributed by atoms with Gasteiger partial charge in [0.1, 0.15) is 11.6 Å². The van der Waals surface area contributed by atoms with E-state index in [1.165, 1.54) is 23.1 Å². The largest absolute Gasteiger partial charge is 0.507 e. The minimum atomic E-state index is -0.907. The van der Waals surface area contributed by atoms with Gasteiger partial charge in [0.2, 0.25) is 0 Å². The summed E-state index contributed by atoms with van der Waals surface area (Å²) in [6.45, 7) is 1.57. The maximum Gasteiger partial charge on any atom is 0.300 e. The van der Waals surface area contributed by atoms with Gasteiger partial charge in [-0.1, -0.05) is 60.1 Å². The Balaban J connectivity index is 1.82. The number of benzene rings is 4. The molecular weight excluding hydrogens is 453 g/mol. The molecular formula is C28H19ClFNO3. The van der Waals surface area contributed by atoms with E-state index in [1.54, 1.807) is 31.2 Å². The number of hydrogen-bond donors (Lipinski definition) is 1. The number of aryl methyl sites for hydroxylation is 1. The Morgan fingerprint density at radius 3 is 2.44 bits per heavy atom. The molecule has 1 saturated heterocycles. The lowest BCUT2D eigenvalue weighted by molar-refractivity contribution is -0.132. The van der Waals surface area contributed by atoms with Gasteiger partial charge in [-0.25, -0.2) is 4.39 Å². The van der Waals surface area contributed by atoms with E-state index in [0.717, 1.165) is 10.8 Å². The third kappa shape index (κ3) is 3.55. The molecule has 1 amide bonds. The summed E-state index contributed by atoms with van der Waals surface area (Å²) in [5.41, 5.74) is 1.62. The zero-order valence-corrected chi connectivity index (χ0v) is 18.9. The monoisotopic (exact) mass is 471 g/mol. The van der Waals surface area contributed by atoms with Gasteiger partial charge in [0.05, 0.1) is 11.6 Å². The van der Waals surface area contributed by atoms with E-state index < -0.39 is 23.5 Å². The highest BCUT2D eigenvalue weighted by Crippen LogP contribution is 2.44. The van der Waals surface area contributed by atoms with Gasteiger partial charge in [0.25, 0.3) is 11.7 Å². The number of Topliss-reactive ketones (excluding diaryl/α,β-unsaturated/α-hetero) is 1. The van der Waals surface area contributed by atoms with Crippen LogP contribution >= 0.6 is 11.6 Å². The number of anilines is 1. The molecule has 4 aromatic carbocycles. The molecule has 1 unspecified atom stereocenters. The molecule has 1 fully saturated rings. The molecule has 168 valence electrons. The van der Waals surface area contributed by atoms with Crippen LogP contribution in [0.5, 0.6) is 0 Å². The normalized spacial score (nSPS) is 17.5. The van der Waals surface area contributed by atoms with Gasteiger partial charge in [0, 0.05) is 16.3 Å². The van der Waals surface area contributed by atoms with Crippen molar-refractivity contribution in [2.75, 3.05) is 4.90 Å². The molecule has 0 aliphatic carbocycles. The highest BCUT2D eigenvalue weighted by atomic mass is 35.5. The van der Waals surface area contributed by atoms with Crippen molar-refractivity contribution in [3.8, 4) is 0 Å². The molecule has 0 saturated carbocycles. The Labute approximate surface area is 200 Å². The number of nitrogens with zero attached hydrogens (tertiary/aromatic N) is 1. The van der Waals surface area contributed by atoms with Gasteiger partial charge in [-0.05, 0) is 65.2 Å². The number of hydrogen-bond acceptors (Lipinski definition) is 3. The van der Waals surface area contributed by atoms with E-state index in [0.29, 0.717) is 21.8 Å². The summed E-state index contributed by atoms with van der Waals surface area (Å²) in [7, 11) is 0. The van der Waals surface area contributed by atoms with Gasteiger partial charge in [-0.2, -0.15) is 0 Å². The van der Waals surface area contributed by atoms with Crippen LogP contribution < -0.4 is 4.90 Å². The van der Waals surface area contributed by atoms with Crippen LogP contribution in [0, 0.1) is 12.7 Å². The van der Waals surface area contributed by atoms with E-state index in [1.807, 2.05) is 42.5 Å². The molecule has 1 aliphatic heterocycles. The first-order chi connectivity index (χ1) is 16.4. The van der Waals surface area contributed by atoms with E-state index in [2.05, 4.69) is 0 Å². The third-order valence-corrected chi connectivity index (χ3v) is 6.32. The Kier molecular flexibility index (Phi) is 5.42. The number of fused-ring (bicyclic) bond motifs is 1. The third-order valence-electron chi connectivity index (χ3n) is 6.08. The fourth-order valence-corrected chi connectivity index (χ4v) is 4.64. The standard InChI is InChI=1S/C28H19ClFNO3/c1-16-14-18(12-13-23(16)30)26(32)24-25(22-11-4-7-17-6-2-3-10-21(17)22)31(28(34)27(24)33)20-9-5-8-19(29)15-20/h2-15,25,32H,1H3/b26-24-. The van der Waals surface area contributed by atoms with Crippen LogP contribution in [-0.4, -0.2) is 16.8 Å². The van der Waals surface area contributed by atoms with E-state index in [4.69, 9.17) is 11.6 Å². The number of carbonyl (C=O) groups is 2. The average Bonchev–Trinajstić information content (AvgIpc) is 3.10. The smallest absolute Gasteiger partial charge is 0.300 e. The maximum absolute atomic E-state index is 13.9. The molecule has 1 aliphatic rings. The molecule has 0 bridgehead atoms. The minimum absolute atomic E-state index is 0.0627. The molecule has 1 N–H and O–H groups in total. The zero-order valence-electron chi connectivity index (χ0n) is 18.1. The topological polar surface area (TPSA) is 57.6 Å². The van der Waals surface area contributed by atoms with Gasteiger partial charge in [-0.15, -0.1) is 0 Å². The van der Waals surface area contributed by atoms with Crippen molar-refractivity contribution in [1.82, 2.24) is 0 Å². The summed E-state index contributed by atoms with van der Waals surface area (Å²) in [6.07, 6.45) is 0. The highest BCUT2D eigenvalue weighted by molar-refractivity contribution is 6.52. The van der Waals surface area contributed by atoms with Crippen LogP contribution in [0.3, 0.4) is 0 Å². The lowest BCUT2D eigenvalue weighted by Gasteiger charge is -2.26. The number of carbonyl (C=O) groups excluding carboxylic acids is 2. The van der Waals surface area contributed by atoms with Gasteiger partial charge >= 0.3 is 0 Å². The summed E-state index contributed by atoms with van der Waals surface area (Å²) in [6, 6.07) is 23.1. The Morgan fingerprint density at radius 1 is 0.941 bits per heavy atom. The summed E-state index contributed by atoms with van der Waals surface area (Å²) < 4.78 is 13.9. The van der Waals surface area contributed by atoms with Crippen LogP contribution in [0.2, 0.25) is 5.02 Å². The first-order valence-electron chi connectivity index (χ1n) is 10.7. The van der Waals surface area contributed by atoms with Crippen LogP contribution in [-0.2, 0) is 9.59 Å². The molecule has 0 spiro atoms. The van der Waals surface area contributed by atoms with Crippen LogP contribution in [0.4, 0.5) is 10.1 Å². The number of aliphatic hydroxyl groups excluding tert-OH is 1. The maximum atomic E-state index is 13.9. The Bertz CT molecular complexity index is 1510. The second-order valence-corrected chi connectivity index (χ2v) is 8.62. The second kappa shape index (κ2) is 8.43. The molecule has 0 aromatic heterocycles. The molecule has 5 rings (SSSR count). The SMILES string of the molecule is Cc1cc(/C(O)=C2/C(=O)C(=O)N(c3cccc(Cl)c3)C2c2cccc3ccccc23)ccc1F. The fraction of sp³-hybridized carbons (Fsp3) is 0.0714. The first-order valence-corrected chi connectivity index (χ1v) is 11.1. The van der Waals surface area contributed by atoms with Crippen LogP contribution in [0.15, 0.2) is 90.5 Å². The Morgan fingerprint density at radius 2 is 1.68 bits per heavy atom. The molecule has 0 radical (unpaired) electrons. The highest BCUT2D eigenvalue weighted by Gasteiger charge is 2.47. The van der Waals surface area contributed by atoms with Crippen LogP contribution in [0.25, 0.3) is 16.5 Å². The number of rotatable bonds is 3. The Hall–Kier alpha value is -3.96. The van der Waals surface area contributed by atoms with Gasteiger partial charge < -0.3 is 5.11 Å². The summed E-state index contributed by atoms with van der Waals surface area (Å²) in [5, 5.41) is 13.4. The molecule has 1 heterocycles. The predicted molar refractivity (Wildman–Crippen MR) is 131 cm³/mol. The van der Waals surface area contributed by atoms with Crippen molar-refractivity contribution in [2.45, 2.75) is 13.0 Å². The lowest BCUT2D eigenvalue weighted by Crippen LogP contribution is -2.29. The van der Waals surface area contributed by atoms with Crippen molar-refractivity contribution in [2.24, 2.45) is 0 Å². The van der Waals surface area contributed by atoms with Crippen molar-refractivity contribution in [1.29, 1.82) is 0 Å². The summed E-state index contributed by atoms with van der Waals surface area (Å²) in [4.78, 5) is 28.0. The van der Waals surface area contributed by atoms with Crippen molar-refractivity contribution < 1.29 is 19.1 Å². The quantitative estimate of drug-likeness (QED) is 0.209. The average molecular weight is 472 g/mol. The van der Waals surface area contributed by atoms with Gasteiger partial charge in [0.15, 0.2) is 0 Å². The molecule has 4 nitrogen and oxygen atoms in total. The molecule has 1 atom stereocenters. The van der Waals surface area contributed by atoms with Crippen LogP contribution in [0.1, 0.15) is 22.7 Å². The zero-order chi connectivity index (χ0) is 24.0.